The molecule has 2 rings (SSSR count). The third-order valence-electron chi connectivity index (χ3n) is 2.10. The summed E-state index contributed by atoms with van der Waals surface area (Å²) in [6.07, 6.45) is 0. The third-order valence-corrected chi connectivity index (χ3v) is 2.10. The highest BCUT2D eigenvalue weighted by atomic mass is 16.4. The molecule has 0 radical (unpaired) electrons. The molecule has 1 aromatic heterocycles. The second-order valence-corrected chi connectivity index (χ2v) is 2.91. The van der Waals surface area contributed by atoms with E-state index >= 15 is 0 Å². The number of aromatic nitrogens is 1. The van der Waals surface area contributed by atoms with E-state index in [2.05, 4.69) is 0 Å². The Morgan fingerprint density at radius 1 is 1.29 bits per heavy atom. The molecule has 1 heterocycles. The van der Waals surface area contributed by atoms with E-state index in [-0.39, 0.29) is 5.56 Å². The van der Waals surface area contributed by atoms with Crippen molar-refractivity contribution in [3.8, 4) is 0 Å². The van der Waals surface area contributed by atoms with Gasteiger partial charge in [0.1, 0.15) is 5.58 Å². The zero-order valence-corrected chi connectivity index (χ0v) is 7.69. The molecule has 0 unspecified atom stereocenters. The lowest BCUT2D eigenvalue weighted by Crippen LogP contribution is -2.31. The molecule has 0 aliphatic rings. The lowest BCUT2D eigenvalue weighted by molar-refractivity contribution is 0.465. The predicted molar refractivity (Wildman–Crippen MR) is 52.4 cm³/mol. The molecule has 1 aromatic carbocycles. The standard InChI is InChI=1S/C10H9NO3/c1-2-11-9(12)7-5-3-4-6-8(7)14-10(11)13/h3-6H,2H2,1H3. The highest BCUT2D eigenvalue weighted by Gasteiger charge is 2.06. The number of hydrogen-bond acceptors (Lipinski definition) is 3. The second-order valence-electron chi connectivity index (χ2n) is 2.91. The van der Waals surface area contributed by atoms with Gasteiger partial charge >= 0.3 is 5.76 Å². The van der Waals surface area contributed by atoms with Gasteiger partial charge in [-0.15, -0.1) is 0 Å². The molecule has 0 aliphatic carbocycles. The van der Waals surface area contributed by atoms with Crippen molar-refractivity contribution in [3.63, 3.8) is 0 Å². The summed E-state index contributed by atoms with van der Waals surface area (Å²) < 4.78 is 6.04. The minimum atomic E-state index is -0.601. The van der Waals surface area contributed by atoms with Crippen molar-refractivity contribution in [3.05, 3.63) is 45.2 Å². The second kappa shape index (κ2) is 3.14. The van der Waals surface area contributed by atoms with E-state index in [1.807, 2.05) is 0 Å². The number of nitrogens with zero attached hydrogens (tertiary/aromatic N) is 1. The third kappa shape index (κ3) is 1.16. The van der Waals surface area contributed by atoms with Crippen LogP contribution in [0.25, 0.3) is 11.0 Å². The van der Waals surface area contributed by atoms with Crippen LogP contribution >= 0.6 is 0 Å². The Morgan fingerprint density at radius 2 is 2.00 bits per heavy atom. The van der Waals surface area contributed by atoms with Gasteiger partial charge in [-0.3, -0.25) is 4.79 Å². The maximum atomic E-state index is 11.7. The fraction of sp³-hybridized carbons (Fsp3) is 0.200. The van der Waals surface area contributed by atoms with Gasteiger partial charge in [-0.2, -0.15) is 0 Å². The molecule has 0 N–H and O–H groups in total. The molecule has 2 aromatic rings. The van der Waals surface area contributed by atoms with Gasteiger partial charge in [0.05, 0.1) is 5.39 Å². The number of fused-ring (bicyclic) bond motifs is 1. The van der Waals surface area contributed by atoms with E-state index in [1.54, 1.807) is 31.2 Å². The average molecular weight is 191 g/mol. The Bertz CT molecular complexity index is 580. The highest BCUT2D eigenvalue weighted by molar-refractivity contribution is 5.74. The van der Waals surface area contributed by atoms with Crippen LogP contribution in [0.1, 0.15) is 6.92 Å². The topological polar surface area (TPSA) is 52.2 Å². The highest BCUT2D eigenvalue weighted by Crippen LogP contribution is 2.05. The minimum absolute atomic E-state index is 0.292. The molecule has 0 saturated heterocycles. The first-order valence-electron chi connectivity index (χ1n) is 4.36. The van der Waals surface area contributed by atoms with E-state index in [0.29, 0.717) is 17.5 Å². The predicted octanol–water partition coefficient (Wildman–Crippen LogP) is 0.975. The first-order valence-corrected chi connectivity index (χ1v) is 4.36. The maximum absolute atomic E-state index is 11.7. The van der Waals surface area contributed by atoms with Gasteiger partial charge in [-0.1, -0.05) is 12.1 Å². The Labute approximate surface area is 79.4 Å². The summed E-state index contributed by atoms with van der Waals surface area (Å²) in [6, 6.07) is 6.72. The van der Waals surface area contributed by atoms with E-state index in [0.717, 1.165) is 4.57 Å². The molecule has 0 saturated carbocycles. The molecule has 0 bridgehead atoms. The molecule has 4 heteroatoms. The van der Waals surface area contributed by atoms with E-state index in [1.165, 1.54) is 0 Å². The molecule has 72 valence electrons. The SMILES string of the molecule is CCn1c(=O)oc2ccccc2c1=O. The Balaban J connectivity index is 3.01. The quantitative estimate of drug-likeness (QED) is 0.675. The van der Waals surface area contributed by atoms with Gasteiger partial charge in [0.2, 0.25) is 0 Å². The summed E-state index contributed by atoms with van der Waals surface area (Å²) in [5, 5.41) is 0.439. The van der Waals surface area contributed by atoms with Crippen LogP contribution in [0.3, 0.4) is 0 Å². The van der Waals surface area contributed by atoms with Gasteiger partial charge in [0.15, 0.2) is 0 Å². The summed E-state index contributed by atoms with van der Waals surface area (Å²) >= 11 is 0. The number of hydrogen-bond donors (Lipinski definition) is 0. The first kappa shape index (κ1) is 8.74. The average Bonchev–Trinajstić information content (AvgIpc) is 2.18. The summed E-state index contributed by atoms with van der Waals surface area (Å²) in [5.41, 5.74) is 0.0477. The largest absolute Gasteiger partial charge is 0.422 e. The lowest BCUT2D eigenvalue weighted by atomic mass is 10.2. The molecule has 0 fully saturated rings. The Morgan fingerprint density at radius 3 is 2.71 bits per heavy atom. The molecule has 0 aliphatic heterocycles. The summed E-state index contributed by atoms with van der Waals surface area (Å²) in [6.45, 7) is 2.05. The summed E-state index contributed by atoms with van der Waals surface area (Å²) in [4.78, 5) is 23.0. The number of para-hydroxylation sites is 1. The van der Waals surface area contributed by atoms with Crippen molar-refractivity contribution in [2.75, 3.05) is 0 Å². The molecular formula is C10H9NO3. The summed E-state index contributed by atoms with van der Waals surface area (Å²) in [7, 11) is 0. The Hall–Kier alpha value is -1.84. The normalized spacial score (nSPS) is 10.6. The fourth-order valence-electron chi connectivity index (χ4n) is 1.38. The van der Waals surface area contributed by atoms with Crippen molar-refractivity contribution in [2.24, 2.45) is 0 Å². The summed E-state index contributed by atoms with van der Waals surface area (Å²) in [5.74, 6) is -0.601. The van der Waals surface area contributed by atoms with Crippen LogP contribution in [0.2, 0.25) is 0 Å². The number of rotatable bonds is 1. The number of benzene rings is 1. The first-order chi connectivity index (χ1) is 6.74. The van der Waals surface area contributed by atoms with Crippen LogP contribution in [0.15, 0.2) is 38.3 Å². The molecule has 14 heavy (non-hydrogen) atoms. The molecule has 0 amide bonds. The van der Waals surface area contributed by atoms with Crippen LogP contribution in [0, 0.1) is 0 Å². The minimum Gasteiger partial charge on any atom is -0.409 e. The van der Waals surface area contributed by atoms with Gasteiger partial charge in [0, 0.05) is 6.54 Å². The van der Waals surface area contributed by atoms with Gasteiger partial charge in [0.25, 0.3) is 5.56 Å². The van der Waals surface area contributed by atoms with Crippen molar-refractivity contribution in [2.45, 2.75) is 13.5 Å². The smallest absolute Gasteiger partial charge is 0.409 e. The van der Waals surface area contributed by atoms with Crippen LogP contribution in [0.4, 0.5) is 0 Å². The van der Waals surface area contributed by atoms with Crippen LogP contribution < -0.4 is 11.3 Å². The van der Waals surface area contributed by atoms with Crippen LogP contribution in [-0.2, 0) is 6.54 Å². The molecule has 0 atom stereocenters. The molecular weight excluding hydrogens is 182 g/mol. The zero-order valence-electron chi connectivity index (χ0n) is 7.69. The van der Waals surface area contributed by atoms with Crippen molar-refractivity contribution in [1.82, 2.24) is 4.57 Å². The molecule has 0 spiro atoms. The molecule has 4 nitrogen and oxygen atoms in total. The monoisotopic (exact) mass is 191 g/mol. The fourth-order valence-corrected chi connectivity index (χ4v) is 1.38. The van der Waals surface area contributed by atoms with Crippen molar-refractivity contribution >= 4 is 11.0 Å². The van der Waals surface area contributed by atoms with E-state index in [4.69, 9.17) is 4.42 Å². The maximum Gasteiger partial charge on any atom is 0.422 e. The van der Waals surface area contributed by atoms with Gasteiger partial charge in [-0.25, -0.2) is 9.36 Å². The van der Waals surface area contributed by atoms with E-state index in [9.17, 15) is 9.59 Å². The Kier molecular flexibility index (Phi) is 1.96. The zero-order chi connectivity index (χ0) is 10.1. The van der Waals surface area contributed by atoms with E-state index < -0.39 is 5.76 Å². The van der Waals surface area contributed by atoms with Crippen LogP contribution in [-0.4, -0.2) is 4.57 Å². The van der Waals surface area contributed by atoms with Gasteiger partial charge in [-0.05, 0) is 19.1 Å². The lowest BCUT2D eigenvalue weighted by Gasteiger charge is -2.00. The van der Waals surface area contributed by atoms with Crippen molar-refractivity contribution in [1.29, 1.82) is 0 Å². The van der Waals surface area contributed by atoms with Crippen LogP contribution in [0.5, 0.6) is 0 Å². The van der Waals surface area contributed by atoms with Gasteiger partial charge < -0.3 is 4.42 Å². The van der Waals surface area contributed by atoms with Crippen molar-refractivity contribution < 1.29 is 4.42 Å².